The van der Waals surface area contributed by atoms with E-state index in [2.05, 4.69) is 5.32 Å². The Bertz CT molecular complexity index is 897. The third-order valence-electron chi connectivity index (χ3n) is 7.58. The molecule has 2 atom stereocenters. The molecule has 8 heteroatoms. The molecular weight excluding hydrogens is 394 g/mol. The van der Waals surface area contributed by atoms with E-state index in [4.69, 9.17) is 9.47 Å². The number of hydrogen-bond acceptors (Lipinski definition) is 4. The fraction of sp³-hybridized carbons (Fsp3) is 0.636. The van der Waals surface area contributed by atoms with Gasteiger partial charge in [-0.1, -0.05) is 0 Å². The molecule has 0 aromatic heterocycles. The van der Waals surface area contributed by atoms with Crippen molar-refractivity contribution in [2.45, 2.75) is 38.0 Å². The normalized spacial score (nSPS) is 32.7. The van der Waals surface area contributed by atoms with Crippen molar-refractivity contribution in [3.8, 4) is 11.5 Å². The molecule has 1 aliphatic heterocycles. The van der Waals surface area contributed by atoms with Gasteiger partial charge in [-0.3, -0.25) is 9.59 Å². The average Bonchev–Trinajstić information content (AvgIpc) is 3.10. The molecule has 4 aliphatic carbocycles. The summed E-state index contributed by atoms with van der Waals surface area (Å²) in [5.41, 5.74) is 0.0641. The predicted octanol–water partition coefficient (Wildman–Crippen LogP) is 3.56. The van der Waals surface area contributed by atoms with Crippen LogP contribution in [0.4, 0.5) is 14.5 Å². The van der Waals surface area contributed by atoms with E-state index in [0.717, 1.165) is 30.6 Å². The van der Waals surface area contributed by atoms with Gasteiger partial charge in [-0.2, -0.15) is 0 Å². The lowest BCUT2D eigenvalue weighted by molar-refractivity contribution is -0.127. The molecule has 6 rings (SSSR count). The third-order valence-corrected chi connectivity index (χ3v) is 7.58. The number of amides is 2. The first-order valence-electron chi connectivity index (χ1n) is 10.5. The number of methoxy groups -OCH3 is 2. The molecule has 1 aromatic rings. The zero-order valence-corrected chi connectivity index (χ0v) is 17.2. The number of halogens is 2. The molecule has 162 valence electrons. The van der Waals surface area contributed by atoms with Gasteiger partial charge in [0.1, 0.15) is 0 Å². The van der Waals surface area contributed by atoms with Crippen LogP contribution in [0.3, 0.4) is 0 Å². The molecule has 6 nitrogen and oxygen atoms in total. The second kappa shape index (κ2) is 6.56. The number of carbonyl (C=O) groups excluding carboxylic acids is 2. The molecule has 1 aromatic carbocycles. The van der Waals surface area contributed by atoms with E-state index in [1.54, 1.807) is 6.07 Å². The Morgan fingerprint density at radius 2 is 1.63 bits per heavy atom. The van der Waals surface area contributed by atoms with Crippen molar-refractivity contribution in [3.63, 3.8) is 0 Å². The number of benzene rings is 1. The minimum atomic E-state index is -2.86. The Kier molecular flexibility index (Phi) is 4.28. The van der Waals surface area contributed by atoms with Crippen LogP contribution in [-0.2, 0) is 4.79 Å². The summed E-state index contributed by atoms with van der Waals surface area (Å²) in [6, 6.07) is 3.02. The van der Waals surface area contributed by atoms with Crippen LogP contribution < -0.4 is 14.8 Å². The van der Waals surface area contributed by atoms with Crippen molar-refractivity contribution in [2.75, 3.05) is 32.6 Å². The van der Waals surface area contributed by atoms with Crippen molar-refractivity contribution in [3.05, 3.63) is 17.7 Å². The molecule has 2 amide bonds. The molecule has 1 heterocycles. The van der Waals surface area contributed by atoms with Crippen LogP contribution in [0.5, 0.6) is 11.5 Å². The highest BCUT2D eigenvalue weighted by Crippen LogP contribution is 2.65. The van der Waals surface area contributed by atoms with E-state index < -0.39 is 24.9 Å². The van der Waals surface area contributed by atoms with Crippen molar-refractivity contribution in [1.82, 2.24) is 4.90 Å². The summed E-state index contributed by atoms with van der Waals surface area (Å²) in [6.45, 7) is -1.24. The van der Waals surface area contributed by atoms with Crippen molar-refractivity contribution < 1.29 is 27.8 Å². The second-order valence-electron chi connectivity index (χ2n) is 9.42. The van der Waals surface area contributed by atoms with Gasteiger partial charge in [-0.05, 0) is 55.9 Å². The molecule has 4 saturated carbocycles. The van der Waals surface area contributed by atoms with Crippen LogP contribution in [0.15, 0.2) is 12.1 Å². The van der Waals surface area contributed by atoms with Gasteiger partial charge in [0.05, 0.1) is 44.0 Å². The number of alkyl halides is 2. The maximum atomic E-state index is 13.4. The summed E-state index contributed by atoms with van der Waals surface area (Å²) < 4.78 is 37.3. The molecular formula is C22H26F2N2O4. The van der Waals surface area contributed by atoms with Gasteiger partial charge in [0.25, 0.3) is 11.8 Å². The average molecular weight is 420 g/mol. The van der Waals surface area contributed by atoms with E-state index in [-0.39, 0.29) is 16.9 Å². The molecule has 1 saturated heterocycles. The first kappa shape index (κ1) is 19.6. The lowest BCUT2D eigenvalue weighted by Gasteiger charge is -2.39. The standard InChI is InChI=1S/C22H26F2N2O4/c1-29-17-6-15(19(27)26-10-22(23,24)11-26)16(7-18(17)30-2)25-20(28)21-8-12-3-13(9-21)5-14(21)4-12/h6-7,12-14H,3-5,8-11H2,1-2H3,(H,25,28). The molecule has 2 unspecified atom stereocenters. The highest BCUT2D eigenvalue weighted by molar-refractivity contribution is 6.06. The predicted molar refractivity (Wildman–Crippen MR) is 105 cm³/mol. The van der Waals surface area contributed by atoms with E-state index in [0.29, 0.717) is 34.9 Å². The molecule has 0 spiro atoms. The van der Waals surface area contributed by atoms with Gasteiger partial charge in [-0.15, -0.1) is 0 Å². The molecule has 1 N–H and O–H groups in total. The first-order valence-corrected chi connectivity index (χ1v) is 10.5. The Morgan fingerprint density at radius 3 is 2.20 bits per heavy atom. The Balaban J connectivity index is 1.46. The van der Waals surface area contributed by atoms with Gasteiger partial charge in [0, 0.05) is 6.07 Å². The highest BCUT2D eigenvalue weighted by atomic mass is 19.3. The molecule has 5 fully saturated rings. The maximum Gasteiger partial charge on any atom is 0.282 e. The second-order valence-corrected chi connectivity index (χ2v) is 9.42. The van der Waals surface area contributed by atoms with Crippen LogP contribution in [0.25, 0.3) is 0 Å². The maximum absolute atomic E-state index is 13.4. The van der Waals surface area contributed by atoms with Gasteiger partial charge < -0.3 is 19.7 Å². The molecule has 30 heavy (non-hydrogen) atoms. The van der Waals surface area contributed by atoms with Crippen molar-refractivity contribution >= 4 is 17.5 Å². The van der Waals surface area contributed by atoms with E-state index >= 15 is 0 Å². The minimum Gasteiger partial charge on any atom is -0.493 e. The van der Waals surface area contributed by atoms with Crippen LogP contribution in [0.1, 0.15) is 42.5 Å². The quantitative estimate of drug-likeness (QED) is 0.791. The summed E-state index contributed by atoms with van der Waals surface area (Å²) in [5.74, 6) is -1.17. The number of carbonyl (C=O) groups is 2. The Morgan fingerprint density at radius 1 is 1.03 bits per heavy atom. The fourth-order valence-electron chi connectivity index (χ4n) is 6.40. The van der Waals surface area contributed by atoms with Crippen LogP contribution in [0, 0.1) is 23.2 Å². The molecule has 4 bridgehead atoms. The van der Waals surface area contributed by atoms with E-state index in [1.165, 1.54) is 26.7 Å². The summed E-state index contributed by atoms with van der Waals surface area (Å²) in [5, 5.41) is 2.98. The van der Waals surface area contributed by atoms with Crippen molar-refractivity contribution in [2.24, 2.45) is 23.2 Å². The lowest BCUT2D eigenvalue weighted by Crippen LogP contribution is -2.58. The number of nitrogens with one attached hydrogen (secondary N) is 1. The minimum absolute atomic E-state index is 0.0626. The summed E-state index contributed by atoms with van der Waals surface area (Å²) in [4.78, 5) is 27.5. The first-order chi connectivity index (χ1) is 14.2. The van der Waals surface area contributed by atoms with Gasteiger partial charge >= 0.3 is 0 Å². The summed E-state index contributed by atoms with van der Waals surface area (Å²) in [6.07, 6.45) is 5.22. The monoisotopic (exact) mass is 420 g/mol. The Labute approximate surface area is 173 Å². The number of hydrogen-bond donors (Lipinski definition) is 1. The number of likely N-dealkylation sites (tertiary alicyclic amines) is 1. The highest BCUT2D eigenvalue weighted by Gasteiger charge is 2.61. The smallest absolute Gasteiger partial charge is 0.282 e. The van der Waals surface area contributed by atoms with Crippen LogP contribution >= 0.6 is 0 Å². The van der Waals surface area contributed by atoms with Crippen LogP contribution in [-0.4, -0.2) is 49.9 Å². The summed E-state index contributed by atoms with van der Waals surface area (Å²) in [7, 11) is 2.91. The summed E-state index contributed by atoms with van der Waals surface area (Å²) >= 11 is 0. The zero-order valence-electron chi connectivity index (χ0n) is 17.2. The lowest BCUT2D eigenvalue weighted by atomic mass is 9.75. The topological polar surface area (TPSA) is 67.9 Å². The van der Waals surface area contributed by atoms with E-state index in [1.807, 2.05) is 0 Å². The number of ether oxygens (including phenoxy) is 2. The number of rotatable bonds is 5. The van der Waals surface area contributed by atoms with Gasteiger partial charge in [0.15, 0.2) is 11.5 Å². The van der Waals surface area contributed by atoms with Gasteiger partial charge in [0.2, 0.25) is 5.91 Å². The third kappa shape index (κ3) is 2.87. The van der Waals surface area contributed by atoms with Crippen molar-refractivity contribution in [1.29, 1.82) is 0 Å². The Hall–Kier alpha value is -2.38. The molecule has 5 aliphatic rings. The van der Waals surface area contributed by atoms with E-state index in [9.17, 15) is 18.4 Å². The molecule has 0 radical (unpaired) electrons. The SMILES string of the molecule is COc1cc(NC(=O)C23CC4CC(CC2C4)C3)c(C(=O)N2CC(F)(F)C2)cc1OC. The van der Waals surface area contributed by atoms with Crippen LogP contribution in [0.2, 0.25) is 0 Å². The zero-order chi connectivity index (χ0) is 21.3. The number of nitrogens with zero attached hydrogens (tertiary/aromatic N) is 1. The fourth-order valence-corrected chi connectivity index (χ4v) is 6.40. The largest absolute Gasteiger partial charge is 0.493 e. The van der Waals surface area contributed by atoms with Gasteiger partial charge in [-0.25, -0.2) is 8.78 Å². The number of anilines is 1.